The molecule has 1 heterocycles. The molecule has 34 heavy (non-hydrogen) atoms. The normalized spacial score (nSPS) is 17.1. The number of ketones is 1. The first kappa shape index (κ1) is 26.6. The molecule has 2 aromatic carbocycles. The van der Waals surface area contributed by atoms with E-state index in [0.717, 1.165) is 15.6 Å². The molecule has 0 amide bonds. The van der Waals surface area contributed by atoms with Crippen LogP contribution in [0.4, 0.5) is 0 Å². The van der Waals surface area contributed by atoms with Crippen molar-refractivity contribution < 1.29 is 33.2 Å². The van der Waals surface area contributed by atoms with Crippen LogP contribution >= 0.6 is 15.9 Å². The summed E-state index contributed by atoms with van der Waals surface area (Å²) >= 11 is 3.47. The van der Waals surface area contributed by atoms with Crippen molar-refractivity contribution in [1.29, 1.82) is 0 Å². The molecule has 1 atom stereocenters. The Morgan fingerprint density at radius 3 is 2.53 bits per heavy atom. The van der Waals surface area contributed by atoms with Gasteiger partial charge in [-0.2, -0.15) is 0 Å². The van der Waals surface area contributed by atoms with E-state index in [4.69, 9.17) is 28.4 Å². The quantitative estimate of drug-likeness (QED) is 0.216. The van der Waals surface area contributed by atoms with Crippen LogP contribution in [0.25, 0.3) is 0 Å². The van der Waals surface area contributed by atoms with Gasteiger partial charge in [0.2, 0.25) is 0 Å². The van der Waals surface area contributed by atoms with E-state index < -0.39 is 5.79 Å². The summed E-state index contributed by atoms with van der Waals surface area (Å²) in [5, 5.41) is 0. The zero-order valence-corrected chi connectivity index (χ0v) is 22.0. The predicted octanol–water partition coefficient (Wildman–Crippen LogP) is 4.94. The van der Waals surface area contributed by atoms with E-state index in [2.05, 4.69) is 15.9 Å². The zero-order valence-electron chi connectivity index (χ0n) is 20.4. The number of carbonyl (C=O) groups is 1. The van der Waals surface area contributed by atoms with Gasteiger partial charge in [0.25, 0.3) is 0 Å². The average Bonchev–Trinajstić information content (AvgIpc) is 3.18. The SMILES string of the molecule is CCc1c(OCOC)ccc(C(=O)c2ccc(OC)c(Br)c2)c1CCOCC1COC(C)(C)O1. The first-order valence-corrected chi connectivity index (χ1v) is 12.1. The van der Waals surface area contributed by atoms with E-state index in [0.29, 0.717) is 55.3 Å². The molecular formula is C26H33BrO7. The number of methoxy groups -OCH3 is 2. The molecule has 1 unspecified atom stereocenters. The molecule has 0 aliphatic carbocycles. The molecule has 2 aromatic rings. The maximum atomic E-state index is 13.5. The Labute approximate surface area is 209 Å². The van der Waals surface area contributed by atoms with E-state index in [9.17, 15) is 4.79 Å². The van der Waals surface area contributed by atoms with Crippen molar-refractivity contribution in [2.24, 2.45) is 0 Å². The standard InChI is InChI=1S/C26H33BrO7/c1-6-19-20(11-12-31-14-18-15-33-26(2,3)34-18)21(8-10-23(19)32-16-29-4)25(28)17-7-9-24(30-5)22(27)13-17/h7-10,13,18H,6,11-12,14-16H2,1-5H3. The first-order chi connectivity index (χ1) is 16.3. The van der Waals surface area contributed by atoms with Gasteiger partial charge in [-0.1, -0.05) is 6.92 Å². The van der Waals surface area contributed by atoms with Crippen LogP contribution < -0.4 is 9.47 Å². The van der Waals surface area contributed by atoms with Crippen LogP contribution in [0.1, 0.15) is 47.8 Å². The largest absolute Gasteiger partial charge is 0.496 e. The highest BCUT2D eigenvalue weighted by atomic mass is 79.9. The maximum Gasteiger partial charge on any atom is 0.193 e. The van der Waals surface area contributed by atoms with Crippen molar-refractivity contribution >= 4 is 21.7 Å². The lowest BCUT2D eigenvalue weighted by Gasteiger charge is -2.19. The summed E-state index contributed by atoms with van der Waals surface area (Å²) in [5.41, 5.74) is 3.09. The molecule has 8 heteroatoms. The Morgan fingerprint density at radius 2 is 1.91 bits per heavy atom. The van der Waals surface area contributed by atoms with Crippen LogP contribution in [0.3, 0.4) is 0 Å². The monoisotopic (exact) mass is 536 g/mol. The summed E-state index contributed by atoms with van der Waals surface area (Å²) in [7, 11) is 3.17. The van der Waals surface area contributed by atoms with Gasteiger partial charge in [0, 0.05) is 18.2 Å². The highest BCUT2D eigenvalue weighted by Crippen LogP contribution is 2.31. The Kier molecular flexibility index (Phi) is 9.50. The molecule has 186 valence electrons. The van der Waals surface area contributed by atoms with Crippen LogP contribution in [-0.2, 0) is 31.8 Å². The predicted molar refractivity (Wildman–Crippen MR) is 132 cm³/mol. The first-order valence-electron chi connectivity index (χ1n) is 11.3. The molecule has 0 aromatic heterocycles. The summed E-state index contributed by atoms with van der Waals surface area (Å²) in [6, 6.07) is 8.98. The molecule has 1 saturated heterocycles. The molecule has 0 radical (unpaired) electrons. The lowest BCUT2D eigenvalue weighted by atomic mass is 9.91. The molecule has 0 saturated carbocycles. The molecule has 1 aliphatic heterocycles. The topological polar surface area (TPSA) is 72.5 Å². The second-order valence-corrected chi connectivity index (χ2v) is 9.28. The van der Waals surface area contributed by atoms with E-state index in [-0.39, 0.29) is 18.7 Å². The van der Waals surface area contributed by atoms with Gasteiger partial charge in [0.1, 0.15) is 17.6 Å². The van der Waals surface area contributed by atoms with E-state index >= 15 is 0 Å². The summed E-state index contributed by atoms with van der Waals surface area (Å²) in [6.07, 6.45) is 1.16. The smallest absolute Gasteiger partial charge is 0.193 e. The second kappa shape index (κ2) is 12.1. The van der Waals surface area contributed by atoms with Gasteiger partial charge >= 0.3 is 0 Å². The highest BCUT2D eigenvalue weighted by molar-refractivity contribution is 9.10. The summed E-state index contributed by atoms with van der Waals surface area (Å²) in [5.74, 6) is 0.730. The van der Waals surface area contributed by atoms with Crippen LogP contribution in [0.2, 0.25) is 0 Å². The molecular weight excluding hydrogens is 504 g/mol. The average molecular weight is 537 g/mol. The van der Waals surface area contributed by atoms with Gasteiger partial charge in [0.05, 0.1) is 31.4 Å². The van der Waals surface area contributed by atoms with Crippen molar-refractivity contribution in [2.75, 3.05) is 40.8 Å². The minimum Gasteiger partial charge on any atom is -0.496 e. The van der Waals surface area contributed by atoms with Crippen LogP contribution in [0, 0.1) is 0 Å². The van der Waals surface area contributed by atoms with Crippen molar-refractivity contribution in [1.82, 2.24) is 0 Å². The highest BCUT2D eigenvalue weighted by Gasteiger charge is 2.32. The minimum atomic E-state index is -0.581. The van der Waals surface area contributed by atoms with Gasteiger partial charge in [-0.05, 0) is 84.1 Å². The van der Waals surface area contributed by atoms with Crippen molar-refractivity contribution in [2.45, 2.75) is 45.5 Å². The third kappa shape index (κ3) is 6.58. The molecule has 7 nitrogen and oxygen atoms in total. The van der Waals surface area contributed by atoms with Gasteiger partial charge in [-0.3, -0.25) is 4.79 Å². The zero-order chi connectivity index (χ0) is 24.7. The number of ether oxygens (including phenoxy) is 6. The second-order valence-electron chi connectivity index (χ2n) is 8.43. The number of halogens is 1. The van der Waals surface area contributed by atoms with Crippen LogP contribution in [0.5, 0.6) is 11.5 Å². The fourth-order valence-corrected chi connectivity index (χ4v) is 4.55. The third-order valence-corrected chi connectivity index (χ3v) is 6.22. The fourth-order valence-electron chi connectivity index (χ4n) is 4.01. The number of rotatable bonds is 12. The van der Waals surface area contributed by atoms with Crippen molar-refractivity contribution in [3.63, 3.8) is 0 Å². The Bertz CT molecular complexity index is 989. The van der Waals surface area contributed by atoms with Gasteiger partial charge in [0.15, 0.2) is 18.4 Å². The van der Waals surface area contributed by atoms with Gasteiger partial charge in [-0.15, -0.1) is 0 Å². The molecule has 1 fully saturated rings. The van der Waals surface area contributed by atoms with E-state index in [1.165, 1.54) is 0 Å². The number of hydrogen-bond donors (Lipinski definition) is 0. The minimum absolute atomic E-state index is 0.0689. The molecule has 3 rings (SSSR count). The van der Waals surface area contributed by atoms with E-state index in [1.54, 1.807) is 32.4 Å². The molecule has 1 aliphatic rings. The van der Waals surface area contributed by atoms with Crippen LogP contribution in [-0.4, -0.2) is 58.5 Å². The number of hydrogen-bond acceptors (Lipinski definition) is 7. The van der Waals surface area contributed by atoms with Gasteiger partial charge < -0.3 is 28.4 Å². The lowest BCUT2D eigenvalue weighted by Crippen LogP contribution is -2.24. The van der Waals surface area contributed by atoms with Gasteiger partial charge in [-0.25, -0.2) is 0 Å². The fraction of sp³-hybridized carbons (Fsp3) is 0.500. The van der Waals surface area contributed by atoms with Crippen LogP contribution in [0.15, 0.2) is 34.8 Å². The number of carbonyl (C=O) groups excluding carboxylic acids is 1. The van der Waals surface area contributed by atoms with Crippen molar-refractivity contribution in [3.8, 4) is 11.5 Å². The molecule has 0 N–H and O–H groups in total. The maximum absolute atomic E-state index is 13.5. The Hall–Kier alpha value is -1.97. The van der Waals surface area contributed by atoms with E-state index in [1.807, 2.05) is 32.9 Å². The molecule has 0 bridgehead atoms. The lowest BCUT2D eigenvalue weighted by molar-refractivity contribution is -0.144. The summed E-state index contributed by atoms with van der Waals surface area (Å²) in [6.45, 7) is 7.33. The number of benzene rings is 2. The third-order valence-electron chi connectivity index (χ3n) is 5.60. The Balaban J connectivity index is 1.83. The molecule has 0 spiro atoms. The Morgan fingerprint density at radius 1 is 1.15 bits per heavy atom. The summed E-state index contributed by atoms with van der Waals surface area (Å²) in [4.78, 5) is 13.5. The van der Waals surface area contributed by atoms with Crippen molar-refractivity contribution in [3.05, 3.63) is 57.1 Å². The summed E-state index contributed by atoms with van der Waals surface area (Å²) < 4.78 is 34.2.